The van der Waals surface area contributed by atoms with Crippen LogP contribution in [0.25, 0.3) is 5.78 Å². The topological polar surface area (TPSA) is 86.0 Å². The Hall–Kier alpha value is -3.42. The number of amides is 1. The number of para-hydroxylation sites is 2. The first-order valence-electron chi connectivity index (χ1n) is 7.62. The monoisotopic (exact) mass is 338 g/mol. The zero-order valence-electron chi connectivity index (χ0n) is 13.3. The lowest BCUT2D eigenvalue weighted by Crippen LogP contribution is -2.47. The molecule has 1 aliphatic rings. The molecule has 1 amide bonds. The summed E-state index contributed by atoms with van der Waals surface area (Å²) in [7, 11) is 1.28. The number of hydrogen-bond acceptors (Lipinski definition) is 6. The van der Waals surface area contributed by atoms with Crippen molar-refractivity contribution in [1.82, 2.24) is 14.4 Å². The van der Waals surface area contributed by atoms with Gasteiger partial charge in [0.25, 0.3) is 5.91 Å². The summed E-state index contributed by atoms with van der Waals surface area (Å²) in [6.45, 7) is 0.0455. The number of benzene rings is 1. The minimum absolute atomic E-state index is 0.0455. The van der Waals surface area contributed by atoms with Crippen LogP contribution in [-0.4, -0.2) is 46.0 Å². The van der Waals surface area contributed by atoms with E-state index in [4.69, 9.17) is 9.47 Å². The molecule has 1 aliphatic heterocycles. The highest BCUT2D eigenvalue weighted by Crippen LogP contribution is 2.34. The lowest BCUT2D eigenvalue weighted by molar-refractivity contribution is -0.148. The van der Waals surface area contributed by atoms with Gasteiger partial charge in [-0.3, -0.25) is 14.1 Å². The van der Waals surface area contributed by atoms with E-state index >= 15 is 0 Å². The normalized spacial score (nSPS) is 16.2. The third-order valence-electron chi connectivity index (χ3n) is 3.94. The van der Waals surface area contributed by atoms with Crippen LogP contribution in [0.1, 0.15) is 10.5 Å². The fourth-order valence-corrected chi connectivity index (χ4v) is 2.75. The Morgan fingerprint density at radius 1 is 1.28 bits per heavy atom. The van der Waals surface area contributed by atoms with Crippen LogP contribution in [0.3, 0.4) is 0 Å². The number of rotatable bonds is 2. The van der Waals surface area contributed by atoms with E-state index < -0.39 is 12.1 Å². The Bertz CT molecular complexity index is 935. The number of fused-ring (bicyclic) bond motifs is 2. The van der Waals surface area contributed by atoms with E-state index in [1.54, 1.807) is 53.3 Å². The Kier molecular flexibility index (Phi) is 3.57. The molecule has 0 radical (unpaired) electrons. The number of carbonyl (C=O) groups is 2. The second-order valence-electron chi connectivity index (χ2n) is 5.47. The fraction of sp³-hybridized carbons (Fsp3) is 0.176. The quantitative estimate of drug-likeness (QED) is 0.655. The maximum Gasteiger partial charge on any atom is 0.348 e. The van der Waals surface area contributed by atoms with Crippen LogP contribution in [0.5, 0.6) is 5.75 Å². The van der Waals surface area contributed by atoms with Crippen molar-refractivity contribution >= 4 is 23.3 Å². The predicted octanol–water partition coefficient (Wildman–Crippen LogP) is 1.31. The number of methoxy groups -OCH3 is 1. The Balaban J connectivity index is 1.74. The minimum Gasteiger partial charge on any atom is -0.475 e. The largest absolute Gasteiger partial charge is 0.475 e. The van der Waals surface area contributed by atoms with Gasteiger partial charge in [0.05, 0.1) is 19.3 Å². The molecule has 0 bridgehead atoms. The molecule has 1 atom stereocenters. The van der Waals surface area contributed by atoms with Gasteiger partial charge in [-0.1, -0.05) is 12.1 Å². The molecule has 0 saturated carbocycles. The SMILES string of the molecule is COC(=O)[C@H]1CN(C(=O)c2cn3cccnc3n2)c2ccccc2O1. The summed E-state index contributed by atoms with van der Waals surface area (Å²) in [4.78, 5) is 34.8. The maximum atomic E-state index is 13.0. The third-order valence-corrected chi connectivity index (χ3v) is 3.94. The van der Waals surface area contributed by atoms with Crippen LogP contribution in [0.15, 0.2) is 48.9 Å². The maximum absolute atomic E-state index is 13.0. The molecule has 0 saturated heterocycles. The zero-order chi connectivity index (χ0) is 17.4. The first kappa shape index (κ1) is 15.1. The summed E-state index contributed by atoms with van der Waals surface area (Å²) in [5, 5.41) is 0. The van der Waals surface area contributed by atoms with Crippen molar-refractivity contribution in [1.29, 1.82) is 0 Å². The van der Waals surface area contributed by atoms with Gasteiger partial charge in [-0.05, 0) is 18.2 Å². The van der Waals surface area contributed by atoms with E-state index in [0.29, 0.717) is 17.2 Å². The van der Waals surface area contributed by atoms with E-state index in [1.807, 2.05) is 0 Å². The van der Waals surface area contributed by atoms with E-state index in [9.17, 15) is 9.59 Å². The molecule has 8 heteroatoms. The number of carbonyl (C=O) groups excluding carboxylic acids is 2. The molecule has 0 N–H and O–H groups in total. The van der Waals surface area contributed by atoms with Crippen molar-refractivity contribution < 1.29 is 19.1 Å². The minimum atomic E-state index is -0.890. The Morgan fingerprint density at radius 2 is 2.12 bits per heavy atom. The summed E-state index contributed by atoms with van der Waals surface area (Å²) in [5.74, 6) is -0.00424. The van der Waals surface area contributed by atoms with Gasteiger partial charge in [0, 0.05) is 18.6 Å². The number of ether oxygens (including phenoxy) is 2. The highest BCUT2D eigenvalue weighted by Gasteiger charge is 2.35. The zero-order valence-corrected chi connectivity index (χ0v) is 13.3. The second-order valence-corrected chi connectivity index (χ2v) is 5.47. The van der Waals surface area contributed by atoms with Crippen LogP contribution < -0.4 is 9.64 Å². The van der Waals surface area contributed by atoms with Gasteiger partial charge in [0.15, 0.2) is 0 Å². The molecular formula is C17H14N4O4. The van der Waals surface area contributed by atoms with E-state index in [1.165, 1.54) is 12.0 Å². The van der Waals surface area contributed by atoms with Gasteiger partial charge in [-0.2, -0.15) is 0 Å². The van der Waals surface area contributed by atoms with E-state index in [0.717, 1.165) is 0 Å². The van der Waals surface area contributed by atoms with Crippen LogP contribution in [0.2, 0.25) is 0 Å². The molecule has 0 fully saturated rings. The molecule has 126 valence electrons. The molecule has 0 aliphatic carbocycles. The molecule has 2 aromatic heterocycles. The average Bonchev–Trinajstić information content (AvgIpc) is 3.10. The fourth-order valence-electron chi connectivity index (χ4n) is 2.75. The van der Waals surface area contributed by atoms with Gasteiger partial charge in [-0.25, -0.2) is 14.8 Å². The Labute approximate surface area is 142 Å². The van der Waals surface area contributed by atoms with Gasteiger partial charge in [0.1, 0.15) is 11.4 Å². The molecule has 25 heavy (non-hydrogen) atoms. The van der Waals surface area contributed by atoms with Crippen LogP contribution >= 0.6 is 0 Å². The van der Waals surface area contributed by atoms with Crippen molar-refractivity contribution in [2.75, 3.05) is 18.6 Å². The van der Waals surface area contributed by atoms with Crippen molar-refractivity contribution in [3.8, 4) is 5.75 Å². The van der Waals surface area contributed by atoms with Crippen LogP contribution in [0.4, 0.5) is 5.69 Å². The summed E-state index contributed by atoms with van der Waals surface area (Å²) >= 11 is 0. The first-order chi connectivity index (χ1) is 12.2. The lowest BCUT2D eigenvalue weighted by atomic mass is 10.1. The highest BCUT2D eigenvalue weighted by atomic mass is 16.6. The van der Waals surface area contributed by atoms with Crippen molar-refractivity contribution in [2.45, 2.75) is 6.10 Å². The number of aromatic nitrogens is 3. The number of imidazole rings is 1. The first-order valence-corrected chi connectivity index (χ1v) is 7.62. The summed E-state index contributed by atoms with van der Waals surface area (Å²) in [5.41, 5.74) is 0.816. The van der Waals surface area contributed by atoms with Crippen molar-refractivity contribution in [2.24, 2.45) is 0 Å². The van der Waals surface area contributed by atoms with Crippen LogP contribution in [-0.2, 0) is 9.53 Å². The molecule has 1 aromatic carbocycles. The molecule has 8 nitrogen and oxygen atoms in total. The smallest absolute Gasteiger partial charge is 0.348 e. The predicted molar refractivity (Wildman–Crippen MR) is 87.5 cm³/mol. The number of nitrogens with zero attached hydrogens (tertiary/aromatic N) is 4. The molecule has 0 unspecified atom stereocenters. The van der Waals surface area contributed by atoms with Gasteiger partial charge < -0.3 is 9.47 Å². The second kappa shape index (κ2) is 5.90. The number of esters is 1. The highest BCUT2D eigenvalue weighted by molar-refractivity contribution is 6.06. The standard InChI is InChI=1S/C17H14N4O4/c1-24-16(23)14-10-21(12-5-2-3-6-13(12)25-14)15(22)11-9-20-8-4-7-18-17(20)19-11/h2-9,14H,10H2,1H3/t14-/m1/s1. The summed E-state index contributed by atoms with van der Waals surface area (Å²) in [6.07, 6.45) is 4.08. The lowest BCUT2D eigenvalue weighted by Gasteiger charge is -2.33. The summed E-state index contributed by atoms with van der Waals surface area (Å²) in [6, 6.07) is 8.78. The molecule has 4 rings (SSSR count). The van der Waals surface area contributed by atoms with E-state index in [-0.39, 0.29) is 18.1 Å². The number of hydrogen-bond donors (Lipinski definition) is 0. The summed E-state index contributed by atoms with van der Waals surface area (Å²) < 4.78 is 12.1. The third kappa shape index (κ3) is 2.57. The molecule has 3 heterocycles. The average molecular weight is 338 g/mol. The van der Waals surface area contributed by atoms with Gasteiger partial charge in [-0.15, -0.1) is 0 Å². The Morgan fingerprint density at radius 3 is 2.92 bits per heavy atom. The van der Waals surface area contributed by atoms with Crippen molar-refractivity contribution in [3.63, 3.8) is 0 Å². The van der Waals surface area contributed by atoms with Gasteiger partial charge >= 0.3 is 5.97 Å². The number of anilines is 1. The van der Waals surface area contributed by atoms with Crippen molar-refractivity contribution in [3.05, 3.63) is 54.6 Å². The van der Waals surface area contributed by atoms with E-state index in [2.05, 4.69) is 9.97 Å². The molecule has 0 spiro atoms. The molecular weight excluding hydrogens is 324 g/mol. The van der Waals surface area contributed by atoms with Crippen LogP contribution in [0, 0.1) is 0 Å². The molecule has 3 aromatic rings. The van der Waals surface area contributed by atoms with Gasteiger partial charge in [0.2, 0.25) is 11.9 Å².